The Kier molecular flexibility index (Phi) is 5.44. The van der Waals surface area contributed by atoms with E-state index in [4.69, 9.17) is 4.74 Å². The van der Waals surface area contributed by atoms with Crippen molar-refractivity contribution in [1.82, 2.24) is 10.2 Å². The summed E-state index contributed by atoms with van der Waals surface area (Å²) >= 11 is 1.63. The molecule has 7 nitrogen and oxygen atoms in total. The zero-order valence-electron chi connectivity index (χ0n) is 15.7. The number of nitrogens with zero attached hydrogens (tertiary/aromatic N) is 1. The first-order valence-electron chi connectivity index (χ1n) is 9.34. The standard InChI is InChI=1S/C21H21N3O4S/c25-18(12-24-19(26)21(23-20(24)27)10-11-29-14-21)22-16-6-8-17(9-7-16)28-13-15-4-2-1-3-5-15/h1-9H,10-14H2,(H,22,25)(H,23,27). The van der Waals surface area contributed by atoms with Gasteiger partial charge >= 0.3 is 6.03 Å². The second-order valence-electron chi connectivity index (χ2n) is 7.05. The van der Waals surface area contributed by atoms with Gasteiger partial charge in [-0.15, -0.1) is 0 Å². The molecule has 2 saturated heterocycles. The molecule has 2 aliphatic heterocycles. The van der Waals surface area contributed by atoms with E-state index in [1.54, 1.807) is 36.0 Å². The van der Waals surface area contributed by atoms with E-state index in [9.17, 15) is 14.4 Å². The Bertz CT molecular complexity index is 911. The fourth-order valence-electron chi connectivity index (χ4n) is 3.37. The molecule has 0 radical (unpaired) electrons. The maximum absolute atomic E-state index is 12.6. The summed E-state index contributed by atoms with van der Waals surface area (Å²) in [6.07, 6.45) is 0.602. The van der Waals surface area contributed by atoms with E-state index in [-0.39, 0.29) is 12.5 Å². The van der Waals surface area contributed by atoms with E-state index in [1.165, 1.54) is 0 Å². The number of amides is 4. The molecule has 2 aromatic carbocycles. The zero-order valence-corrected chi connectivity index (χ0v) is 16.5. The van der Waals surface area contributed by atoms with Crippen LogP contribution in [0.1, 0.15) is 12.0 Å². The summed E-state index contributed by atoms with van der Waals surface area (Å²) in [6.45, 7) is 0.155. The summed E-state index contributed by atoms with van der Waals surface area (Å²) in [5, 5.41) is 5.47. The molecule has 4 amide bonds. The van der Waals surface area contributed by atoms with Crippen molar-refractivity contribution in [3.8, 4) is 5.75 Å². The smallest absolute Gasteiger partial charge is 0.325 e. The predicted octanol–water partition coefficient (Wildman–Crippen LogP) is 2.63. The molecule has 2 aliphatic rings. The number of anilines is 1. The molecule has 2 heterocycles. The molecular formula is C21H21N3O4S. The Morgan fingerprint density at radius 3 is 2.59 bits per heavy atom. The highest BCUT2D eigenvalue weighted by atomic mass is 32.2. The second kappa shape index (κ2) is 8.16. The first-order chi connectivity index (χ1) is 14.1. The van der Waals surface area contributed by atoms with Crippen molar-refractivity contribution in [3.05, 3.63) is 60.2 Å². The van der Waals surface area contributed by atoms with Gasteiger partial charge in [0.1, 0.15) is 24.4 Å². The lowest BCUT2D eigenvalue weighted by Gasteiger charge is -2.19. The summed E-state index contributed by atoms with van der Waals surface area (Å²) in [5.41, 5.74) is 0.803. The van der Waals surface area contributed by atoms with Crippen LogP contribution in [0.25, 0.3) is 0 Å². The molecule has 0 aliphatic carbocycles. The lowest BCUT2D eigenvalue weighted by Crippen LogP contribution is -2.47. The number of carbonyl (C=O) groups is 3. The largest absolute Gasteiger partial charge is 0.489 e. The summed E-state index contributed by atoms with van der Waals surface area (Å²) < 4.78 is 5.72. The number of urea groups is 1. The molecule has 0 aromatic heterocycles. The van der Waals surface area contributed by atoms with Gasteiger partial charge in [-0.25, -0.2) is 4.79 Å². The summed E-state index contributed by atoms with van der Waals surface area (Å²) in [7, 11) is 0. The van der Waals surface area contributed by atoms with Crippen LogP contribution in [0.15, 0.2) is 54.6 Å². The fourth-order valence-corrected chi connectivity index (χ4v) is 4.70. The first kappa shape index (κ1) is 19.3. The number of imide groups is 1. The maximum atomic E-state index is 12.6. The Morgan fingerprint density at radius 2 is 1.90 bits per heavy atom. The van der Waals surface area contributed by atoms with Gasteiger partial charge in [0.2, 0.25) is 5.91 Å². The highest BCUT2D eigenvalue weighted by molar-refractivity contribution is 7.99. The van der Waals surface area contributed by atoms with Crippen LogP contribution >= 0.6 is 11.8 Å². The topological polar surface area (TPSA) is 87.7 Å². The monoisotopic (exact) mass is 411 g/mol. The number of hydrogen-bond acceptors (Lipinski definition) is 5. The van der Waals surface area contributed by atoms with E-state index in [1.807, 2.05) is 30.3 Å². The van der Waals surface area contributed by atoms with Crippen molar-refractivity contribution in [2.75, 3.05) is 23.4 Å². The van der Waals surface area contributed by atoms with E-state index in [0.29, 0.717) is 30.2 Å². The van der Waals surface area contributed by atoms with Gasteiger partial charge in [0.15, 0.2) is 0 Å². The van der Waals surface area contributed by atoms with Crippen LogP contribution in [-0.4, -0.2) is 46.3 Å². The quantitative estimate of drug-likeness (QED) is 0.714. The van der Waals surface area contributed by atoms with Gasteiger partial charge in [0, 0.05) is 11.4 Å². The normalized spacial score (nSPS) is 20.8. The Balaban J connectivity index is 1.30. The average molecular weight is 411 g/mol. The maximum Gasteiger partial charge on any atom is 0.325 e. The van der Waals surface area contributed by atoms with Crippen molar-refractivity contribution >= 4 is 35.3 Å². The number of benzene rings is 2. The number of carbonyl (C=O) groups excluding carboxylic acids is 3. The Morgan fingerprint density at radius 1 is 1.14 bits per heavy atom. The molecule has 1 spiro atoms. The third-order valence-corrected chi connectivity index (χ3v) is 6.15. The van der Waals surface area contributed by atoms with Gasteiger partial charge in [-0.2, -0.15) is 11.8 Å². The molecular weight excluding hydrogens is 390 g/mol. The minimum absolute atomic E-state index is 0.302. The number of ether oxygens (including phenoxy) is 1. The van der Waals surface area contributed by atoms with Gasteiger partial charge in [-0.3, -0.25) is 14.5 Å². The SMILES string of the molecule is O=C(CN1C(=O)NC2(CCSC2)C1=O)Nc1ccc(OCc2ccccc2)cc1. The van der Waals surface area contributed by atoms with E-state index in [0.717, 1.165) is 16.2 Å². The Hall–Kier alpha value is -3.00. The average Bonchev–Trinajstić information content (AvgIpc) is 3.29. The van der Waals surface area contributed by atoms with Crippen LogP contribution in [0.5, 0.6) is 5.75 Å². The van der Waals surface area contributed by atoms with Crippen LogP contribution in [0, 0.1) is 0 Å². The minimum atomic E-state index is -0.834. The minimum Gasteiger partial charge on any atom is -0.489 e. The van der Waals surface area contributed by atoms with Crippen molar-refractivity contribution in [2.24, 2.45) is 0 Å². The second-order valence-corrected chi connectivity index (χ2v) is 8.16. The third-order valence-electron chi connectivity index (χ3n) is 4.96. The predicted molar refractivity (Wildman–Crippen MR) is 111 cm³/mol. The van der Waals surface area contributed by atoms with Crippen molar-refractivity contribution in [2.45, 2.75) is 18.6 Å². The molecule has 8 heteroatoms. The summed E-state index contributed by atoms with van der Waals surface area (Å²) in [6, 6.07) is 16.3. The molecule has 1 unspecified atom stereocenters. The molecule has 1 atom stereocenters. The van der Waals surface area contributed by atoms with Gasteiger partial charge in [-0.05, 0) is 42.0 Å². The summed E-state index contributed by atoms with van der Waals surface area (Å²) in [4.78, 5) is 38.1. The molecule has 0 bridgehead atoms. The van der Waals surface area contributed by atoms with Crippen LogP contribution in [0.3, 0.4) is 0 Å². The fraction of sp³-hybridized carbons (Fsp3) is 0.286. The molecule has 4 rings (SSSR count). The number of nitrogens with one attached hydrogen (secondary N) is 2. The molecule has 2 N–H and O–H groups in total. The zero-order chi connectivity index (χ0) is 20.3. The van der Waals surface area contributed by atoms with Gasteiger partial charge in [-0.1, -0.05) is 30.3 Å². The lowest BCUT2D eigenvalue weighted by molar-refractivity contribution is -0.133. The molecule has 0 saturated carbocycles. The highest BCUT2D eigenvalue weighted by Gasteiger charge is 2.53. The third kappa shape index (κ3) is 4.22. The van der Waals surface area contributed by atoms with Gasteiger partial charge in [0.05, 0.1) is 0 Å². The van der Waals surface area contributed by atoms with Crippen LogP contribution < -0.4 is 15.4 Å². The number of hydrogen-bond donors (Lipinski definition) is 2. The summed E-state index contributed by atoms with van der Waals surface area (Å²) in [5.74, 6) is 1.33. The lowest BCUT2D eigenvalue weighted by atomic mass is 9.99. The van der Waals surface area contributed by atoms with E-state index in [2.05, 4.69) is 10.6 Å². The van der Waals surface area contributed by atoms with Crippen LogP contribution in [0.4, 0.5) is 10.5 Å². The molecule has 150 valence electrons. The van der Waals surface area contributed by atoms with Crippen molar-refractivity contribution in [1.29, 1.82) is 0 Å². The van der Waals surface area contributed by atoms with Gasteiger partial charge < -0.3 is 15.4 Å². The molecule has 29 heavy (non-hydrogen) atoms. The molecule has 2 aromatic rings. The number of rotatable bonds is 6. The molecule has 2 fully saturated rings. The Labute approximate surface area is 172 Å². The first-order valence-corrected chi connectivity index (χ1v) is 10.5. The number of thioether (sulfide) groups is 1. The van der Waals surface area contributed by atoms with E-state index >= 15 is 0 Å². The van der Waals surface area contributed by atoms with E-state index < -0.39 is 17.5 Å². The van der Waals surface area contributed by atoms with Crippen molar-refractivity contribution in [3.63, 3.8) is 0 Å². The van der Waals surface area contributed by atoms with Crippen molar-refractivity contribution < 1.29 is 19.1 Å². The van der Waals surface area contributed by atoms with Gasteiger partial charge in [0.25, 0.3) is 5.91 Å². The van der Waals surface area contributed by atoms with Crippen LogP contribution in [-0.2, 0) is 16.2 Å². The van der Waals surface area contributed by atoms with Crippen LogP contribution in [0.2, 0.25) is 0 Å². The highest BCUT2D eigenvalue weighted by Crippen LogP contribution is 2.33.